The van der Waals surface area contributed by atoms with Crippen molar-refractivity contribution in [2.75, 3.05) is 19.6 Å². The minimum absolute atomic E-state index is 0.272. The summed E-state index contributed by atoms with van der Waals surface area (Å²) in [6, 6.07) is 0.416. The van der Waals surface area contributed by atoms with E-state index in [2.05, 4.69) is 24.1 Å². The number of hydrogen-bond acceptors (Lipinski definition) is 4. The van der Waals surface area contributed by atoms with Crippen molar-refractivity contribution in [1.29, 1.82) is 0 Å². The Morgan fingerprint density at radius 3 is 2.45 bits per heavy atom. The molecule has 2 rings (SSSR count). The highest BCUT2D eigenvalue weighted by Gasteiger charge is 2.38. The molecule has 1 unspecified atom stereocenters. The number of carbonyl (C=O) groups is 1. The van der Waals surface area contributed by atoms with Gasteiger partial charge in [-0.1, -0.05) is 0 Å². The van der Waals surface area contributed by atoms with E-state index in [4.69, 9.17) is 4.74 Å². The molecule has 0 aromatic rings. The molecule has 0 aromatic carbocycles. The summed E-state index contributed by atoms with van der Waals surface area (Å²) in [5.41, 5.74) is -0.773. The molecule has 1 saturated carbocycles. The largest absolute Gasteiger partial charge is 0.480 e. The van der Waals surface area contributed by atoms with Gasteiger partial charge in [-0.3, -0.25) is 15.0 Å². The van der Waals surface area contributed by atoms with Crippen LogP contribution in [0.5, 0.6) is 0 Å². The number of nitrogens with zero attached hydrogens (tertiary/aromatic N) is 1. The predicted octanol–water partition coefficient (Wildman–Crippen LogP) is 1.47. The lowest BCUT2D eigenvalue weighted by atomic mass is 9.95. The molecule has 2 fully saturated rings. The van der Waals surface area contributed by atoms with E-state index < -0.39 is 11.5 Å². The minimum Gasteiger partial charge on any atom is -0.480 e. The minimum atomic E-state index is -0.773. The summed E-state index contributed by atoms with van der Waals surface area (Å²) < 4.78 is 5.71. The van der Waals surface area contributed by atoms with Crippen molar-refractivity contribution in [1.82, 2.24) is 10.2 Å². The number of rotatable bonds is 7. The summed E-state index contributed by atoms with van der Waals surface area (Å²) in [5, 5.41) is 12.7. The van der Waals surface area contributed by atoms with Crippen LogP contribution in [0.3, 0.4) is 0 Å². The van der Waals surface area contributed by atoms with E-state index in [9.17, 15) is 9.90 Å². The van der Waals surface area contributed by atoms with Crippen LogP contribution < -0.4 is 5.32 Å². The van der Waals surface area contributed by atoms with Crippen molar-refractivity contribution in [2.24, 2.45) is 0 Å². The second-order valence-corrected chi connectivity index (χ2v) is 6.68. The van der Waals surface area contributed by atoms with Crippen LogP contribution in [-0.2, 0) is 9.53 Å². The van der Waals surface area contributed by atoms with Gasteiger partial charge in [0.2, 0.25) is 0 Å². The fourth-order valence-electron chi connectivity index (χ4n) is 3.04. The number of nitrogens with one attached hydrogen (secondary N) is 1. The Labute approximate surface area is 121 Å². The van der Waals surface area contributed by atoms with Crippen molar-refractivity contribution >= 4 is 5.97 Å². The number of carboxylic acid groups (broad SMARTS) is 1. The summed E-state index contributed by atoms with van der Waals surface area (Å²) in [6.45, 7) is 8.86. The van der Waals surface area contributed by atoms with Gasteiger partial charge in [0.15, 0.2) is 0 Å². The highest BCUT2D eigenvalue weighted by atomic mass is 16.5. The third-order valence-electron chi connectivity index (χ3n) is 4.22. The van der Waals surface area contributed by atoms with Crippen LogP contribution in [-0.4, -0.2) is 59.4 Å². The molecule has 2 N–H and O–H groups in total. The topological polar surface area (TPSA) is 61.8 Å². The molecule has 5 nitrogen and oxygen atoms in total. The van der Waals surface area contributed by atoms with Crippen LogP contribution in [0.15, 0.2) is 0 Å². The summed E-state index contributed by atoms with van der Waals surface area (Å²) in [5.74, 6) is -0.729. The highest BCUT2D eigenvalue weighted by Crippen LogP contribution is 2.25. The van der Waals surface area contributed by atoms with E-state index >= 15 is 0 Å². The molecule has 2 aliphatic rings. The molecule has 1 aliphatic carbocycles. The maximum Gasteiger partial charge on any atom is 0.323 e. The number of ether oxygens (including phenoxy) is 1. The zero-order chi connectivity index (χ0) is 14.8. The summed E-state index contributed by atoms with van der Waals surface area (Å²) in [4.78, 5) is 13.9. The number of hydrogen-bond donors (Lipinski definition) is 2. The second kappa shape index (κ2) is 6.41. The molecular weight excluding hydrogens is 256 g/mol. The van der Waals surface area contributed by atoms with E-state index in [1.54, 1.807) is 0 Å². The molecule has 3 atom stereocenters. The highest BCUT2D eigenvalue weighted by molar-refractivity contribution is 5.78. The molecule has 20 heavy (non-hydrogen) atoms. The molecular formula is C15H28N2O3. The van der Waals surface area contributed by atoms with E-state index in [1.165, 1.54) is 0 Å². The van der Waals surface area contributed by atoms with Gasteiger partial charge in [0.25, 0.3) is 0 Å². The first-order valence-electron chi connectivity index (χ1n) is 7.78. The molecule has 1 heterocycles. The number of carboxylic acids is 1. The third kappa shape index (κ3) is 4.43. The van der Waals surface area contributed by atoms with Crippen LogP contribution in [0.1, 0.15) is 46.5 Å². The van der Waals surface area contributed by atoms with Crippen LogP contribution in [0.25, 0.3) is 0 Å². The van der Waals surface area contributed by atoms with Crippen molar-refractivity contribution in [3.05, 3.63) is 0 Å². The van der Waals surface area contributed by atoms with Crippen molar-refractivity contribution < 1.29 is 14.6 Å². The maximum atomic E-state index is 11.5. The Bertz CT molecular complexity index is 336. The van der Waals surface area contributed by atoms with E-state index in [0.717, 1.165) is 38.9 Å². The average molecular weight is 284 g/mol. The predicted molar refractivity (Wildman–Crippen MR) is 77.9 cm³/mol. The summed E-state index contributed by atoms with van der Waals surface area (Å²) in [6.07, 6.45) is 4.35. The lowest BCUT2D eigenvalue weighted by Gasteiger charge is -2.36. The standard InChI is InChI=1S/C15H28N2O3/c1-11-9-17(10-12(2)20-11)8-4-7-15(3,14(18)19)16-13-5-6-13/h11-13,16H,4-10H2,1-3H3,(H,18,19)/t11-,12+,15?. The van der Waals surface area contributed by atoms with Gasteiger partial charge in [-0.15, -0.1) is 0 Å². The molecule has 5 heteroatoms. The fourth-order valence-corrected chi connectivity index (χ4v) is 3.04. The Hall–Kier alpha value is -0.650. The average Bonchev–Trinajstić information content (AvgIpc) is 3.11. The first-order valence-corrected chi connectivity index (χ1v) is 7.78. The van der Waals surface area contributed by atoms with E-state index in [0.29, 0.717) is 12.5 Å². The smallest absolute Gasteiger partial charge is 0.323 e. The number of morpholine rings is 1. The van der Waals surface area contributed by atoms with Crippen LogP contribution >= 0.6 is 0 Å². The normalized spacial score (nSPS) is 30.9. The SMILES string of the molecule is C[C@@H]1CN(CCCC(C)(NC2CC2)C(=O)O)C[C@H](C)O1. The summed E-state index contributed by atoms with van der Waals surface area (Å²) in [7, 11) is 0. The second-order valence-electron chi connectivity index (χ2n) is 6.68. The summed E-state index contributed by atoms with van der Waals surface area (Å²) >= 11 is 0. The lowest BCUT2D eigenvalue weighted by molar-refractivity contribution is -0.144. The molecule has 1 saturated heterocycles. The molecule has 0 amide bonds. The molecule has 0 aromatic heterocycles. The van der Waals surface area contributed by atoms with Crippen molar-refractivity contribution in [2.45, 2.75) is 70.2 Å². The van der Waals surface area contributed by atoms with Gasteiger partial charge in [-0.2, -0.15) is 0 Å². The van der Waals surface area contributed by atoms with Crippen LogP contribution in [0.2, 0.25) is 0 Å². The van der Waals surface area contributed by atoms with Gasteiger partial charge in [-0.05, 0) is 53.0 Å². The van der Waals surface area contributed by atoms with Gasteiger partial charge in [0, 0.05) is 19.1 Å². The third-order valence-corrected chi connectivity index (χ3v) is 4.22. The first-order chi connectivity index (χ1) is 9.39. The monoisotopic (exact) mass is 284 g/mol. The fraction of sp³-hybridized carbons (Fsp3) is 0.933. The Morgan fingerprint density at radius 1 is 1.35 bits per heavy atom. The first kappa shape index (κ1) is 15.7. The molecule has 0 spiro atoms. The van der Waals surface area contributed by atoms with E-state index in [1.807, 2.05) is 6.92 Å². The number of aliphatic carboxylic acids is 1. The van der Waals surface area contributed by atoms with Gasteiger partial charge >= 0.3 is 5.97 Å². The van der Waals surface area contributed by atoms with Gasteiger partial charge in [0.1, 0.15) is 5.54 Å². The molecule has 1 aliphatic heterocycles. The Kier molecular flexibility index (Phi) is 5.04. The van der Waals surface area contributed by atoms with Crippen molar-refractivity contribution in [3.63, 3.8) is 0 Å². The zero-order valence-corrected chi connectivity index (χ0v) is 12.9. The zero-order valence-electron chi connectivity index (χ0n) is 12.9. The Morgan fingerprint density at radius 2 is 1.95 bits per heavy atom. The van der Waals surface area contributed by atoms with Crippen LogP contribution in [0.4, 0.5) is 0 Å². The van der Waals surface area contributed by atoms with Gasteiger partial charge in [-0.25, -0.2) is 0 Å². The van der Waals surface area contributed by atoms with Gasteiger partial charge < -0.3 is 9.84 Å². The quantitative estimate of drug-likeness (QED) is 0.741. The van der Waals surface area contributed by atoms with Crippen molar-refractivity contribution in [3.8, 4) is 0 Å². The lowest BCUT2D eigenvalue weighted by Crippen LogP contribution is -2.51. The Balaban J connectivity index is 1.76. The maximum absolute atomic E-state index is 11.5. The van der Waals surface area contributed by atoms with Crippen LogP contribution in [0, 0.1) is 0 Å². The van der Waals surface area contributed by atoms with E-state index in [-0.39, 0.29) is 12.2 Å². The van der Waals surface area contributed by atoms with Gasteiger partial charge in [0.05, 0.1) is 12.2 Å². The molecule has 0 bridgehead atoms. The molecule has 0 radical (unpaired) electrons. The molecule has 116 valence electrons.